The molecule has 3 fully saturated rings. The number of hydrogen-bond acceptors (Lipinski definition) is 10. The van der Waals surface area contributed by atoms with Gasteiger partial charge < -0.3 is 19.3 Å². The topological polar surface area (TPSA) is 119 Å². The second-order valence-corrected chi connectivity index (χ2v) is 12.6. The van der Waals surface area contributed by atoms with Gasteiger partial charge in [-0.1, -0.05) is 0 Å². The van der Waals surface area contributed by atoms with E-state index in [0.29, 0.717) is 38.1 Å². The van der Waals surface area contributed by atoms with Crippen molar-refractivity contribution in [3.8, 4) is 5.75 Å². The van der Waals surface area contributed by atoms with Gasteiger partial charge in [-0.25, -0.2) is 27.0 Å². The highest BCUT2D eigenvalue weighted by molar-refractivity contribution is 7.90. The van der Waals surface area contributed by atoms with Crippen LogP contribution >= 0.6 is 11.5 Å². The fourth-order valence-electron chi connectivity index (χ4n) is 4.74. The van der Waals surface area contributed by atoms with Crippen molar-refractivity contribution in [1.29, 1.82) is 0 Å². The number of anilines is 1. The van der Waals surface area contributed by atoms with Crippen LogP contribution in [0.4, 0.5) is 27.1 Å². The minimum absolute atomic E-state index is 0.190. The number of carbonyl (C=O) groups is 2. The number of aromatic nitrogens is 2. The molecular weight excluding hydrogens is 587 g/mol. The first-order valence-electron chi connectivity index (χ1n) is 12.3. The SMILES string of the molecule is CS(=O)(=O)c1cc(F)c(OC2(OC(=O)C(F)(F)F)CCN(C3CCN(c4nc(C5CC5)ns4)CC3)C2=O)cc1F. The van der Waals surface area contributed by atoms with E-state index in [1.165, 1.54) is 16.4 Å². The van der Waals surface area contributed by atoms with E-state index in [-0.39, 0.29) is 18.7 Å². The smallest absolute Gasteiger partial charge is 0.441 e. The first-order chi connectivity index (χ1) is 18.7. The van der Waals surface area contributed by atoms with E-state index in [4.69, 9.17) is 4.74 Å². The van der Waals surface area contributed by atoms with Crippen LogP contribution < -0.4 is 9.64 Å². The summed E-state index contributed by atoms with van der Waals surface area (Å²) in [6, 6.07) is 0.0825. The fraction of sp³-hybridized carbons (Fsp3) is 0.565. The molecule has 0 spiro atoms. The maximum atomic E-state index is 14.7. The van der Waals surface area contributed by atoms with Gasteiger partial charge in [-0.15, -0.1) is 0 Å². The molecule has 1 aromatic heterocycles. The highest BCUT2D eigenvalue weighted by Crippen LogP contribution is 2.41. The Morgan fingerprint density at radius 1 is 1.10 bits per heavy atom. The number of nitrogens with zero attached hydrogens (tertiary/aromatic N) is 4. The van der Waals surface area contributed by atoms with Crippen LogP contribution in [0.1, 0.15) is 43.8 Å². The van der Waals surface area contributed by atoms with Gasteiger partial charge in [-0.3, -0.25) is 4.79 Å². The summed E-state index contributed by atoms with van der Waals surface area (Å²) in [4.78, 5) is 32.0. The molecule has 1 aromatic carbocycles. The van der Waals surface area contributed by atoms with Gasteiger partial charge in [-0.2, -0.15) is 17.5 Å². The number of halogens is 5. The van der Waals surface area contributed by atoms with Crippen LogP contribution in [0.3, 0.4) is 0 Å². The molecule has 2 aromatic rings. The highest BCUT2D eigenvalue weighted by Gasteiger charge is 2.58. The van der Waals surface area contributed by atoms with E-state index < -0.39 is 68.4 Å². The van der Waals surface area contributed by atoms with E-state index in [9.17, 15) is 40.0 Å². The van der Waals surface area contributed by atoms with E-state index in [1.807, 2.05) is 4.90 Å². The van der Waals surface area contributed by atoms with Gasteiger partial charge in [0.15, 0.2) is 21.4 Å². The molecule has 2 saturated heterocycles. The third kappa shape index (κ3) is 5.57. The third-order valence-corrected chi connectivity index (χ3v) is 8.87. The van der Waals surface area contributed by atoms with E-state index in [0.717, 1.165) is 23.8 Å². The van der Waals surface area contributed by atoms with Crippen LogP contribution in [0.25, 0.3) is 0 Å². The molecule has 3 heterocycles. The van der Waals surface area contributed by atoms with Crippen LogP contribution in [-0.2, 0) is 24.2 Å². The van der Waals surface area contributed by atoms with E-state index in [2.05, 4.69) is 14.1 Å². The maximum absolute atomic E-state index is 14.7. The third-order valence-electron chi connectivity index (χ3n) is 6.97. The van der Waals surface area contributed by atoms with Gasteiger partial charge in [0.25, 0.3) is 0 Å². The number of rotatable bonds is 7. The summed E-state index contributed by atoms with van der Waals surface area (Å²) in [6.07, 6.45) is -2.59. The minimum Gasteiger partial charge on any atom is -0.441 e. The van der Waals surface area contributed by atoms with Crippen molar-refractivity contribution in [2.24, 2.45) is 0 Å². The quantitative estimate of drug-likeness (QED) is 0.265. The molecule has 218 valence electrons. The van der Waals surface area contributed by atoms with Gasteiger partial charge >= 0.3 is 23.8 Å². The first kappa shape index (κ1) is 28.4. The van der Waals surface area contributed by atoms with Crippen molar-refractivity contribution < 1.29 is 49.4 Å². The summed E-state index contributed by atoms with van der Waals surface area (Å²) in [5.74, 6) is -9.71. The van der Waals surface area contributed by atoms with Crippen molar-refractivity contribution in [3.63, 3.8) is 0 Å². The second kappa shape index (κ2) is 10.1. The number of hydrogen-bond donors (Lipinski definition) is 0. The molecule has 3 aliphatic rings. The Balaban J connectivity index is 1.35. The largest absolute Gasteiger partial charge is 0.491 e. The summed E-state index contributed by atoms with van der Waals surface area (Å²) >= 11 is 1.27. The van der Waals surface area contributed by atoms with Gasteiger partial charge in [0.2, 0.25) is 5.13 Å². The van der Waals surface area contributed by atoms with Crippen LogP contribution in [0, 0.1) is 11.6 Å². The van der Waals surface area contributed by atoms with Crippen LogP contribution in [0.5, 0.6) is 5.75 Å². The number of amides is 1. The average Bonchev–Trinajstić information content (AvgIpc) is 3.52. The first-order valence-corrected chi connectivity index (χ1v) is 14.9. The molecule has 40 heavy (non-hydrogen) atoms. The molecule has 1 amide bonds. The molecular formula is C23H23F5N4O6S2. The van der Waals surface area contributed by atoms with Crippen LogP contribution in [-0.4, -0.2) is 78.4 Å². The highest BCUT2D eigenvalue weighted by atomic mass is 32.2. The van der Waals surface area contributed by atoms with Gasteiger partial charge in [0.1, 0.15) is 16.5 Å². The zero-order chi connectivity index (χ0) is 29.0. The number of piperidine rings is 1. The summed E-state index contributed by atoms with van der Waals surface area (Å²) in [7, 11) is -4.20. The zero-order valence-electron chi connectivity index (χ0n) is 20.9. The molecule has 5 rings (SSSR count). The van der Waals surface area contributed by atoms with Gasteiger partial charge in [0.05, 0.1) is 6.42 Å². The van der Waals surface area contributed by atoms with Crippen molar-refractivity contribution in [3.05, 3.63) is 29.6 Å². The predicted octanol–water partition coefficient (Wildman–Crippen LogP) is 3.18. The number of likely N-dealkylation sites (tertiary alicyclic amines) is 1. The van der Waals surface area contributed by atoms with Crippen molar-refractivity contribution in [1.82, 2.24) is 14.3 Å². The lowest BCUT2D eigenvalue weighted by molar-refractivity contribution is -0.236. The summed E-state index contributed by atoms with van der Waals surface area (Å²) in [6.45, 7) is 0.748. The van der Waals surface area contributed by atoms with Crippen LogP contribution in [0.2, 0.25) is 0 Å². The fourth-order valence-corrected chi connectivity index (χ4v) is 6.27. The van der Waals surface area contributed by atoms with E-state index >= 15 is 0 Å². The maximum Gasteiger partial charge on any atom is 0.491 e. The number of alkyl halides is 3. The lowest BCUT2D eigenvalue weighted by Crippen LogP contribution is -2.53. The monoisotopic (exact) mass is 610 g/mol. The Morgan fingerprint density at radius 3 is 2.38 bits per heavy atom. The predicted molar refractivity (Wildman–Crippen MR) is 128 cm³/mol. The number of ether oxygens (including phenoxy) is 2. The summed E-state index contributed by atoms with van der Waals surface area (Å²) in [5, 5.41) is 0.736. The lowest BCUT2D eigenvalue weighted by atomic mass is 10.0. The second-order valence-electron chi connectivity index (χ2n) is 9.90. The molecule has 0 radical (unpaired) electrons. The minimum atomic E-state index is -5.51. The zero-order valence-corrected chi connectivity index (χ0v) is 22.5. The molecule has 2 aliphatic heterocycles. The Bertz CT molecular complexity index is 1440. The number of esters is 1. The average molecular weight is 611 g/mol. The van der Waals surface area contributed by atoms with Gasteiger partial charge in [-0.05, 0) is 31.7 Å². The normalized spacial score (nSPS) is 22.6. The summed E-state index contributed by atoms with van der Waals surface area (Å²) < 4.78 is 106. The molecule has 1 atom stereocenters. The number of benzene rings is 1. The Kier molecular flexibility index (Phi) is 7.17. The van der Waals surface area contributed by atoms with Gasteiger partial charge in [0, 0.05) is 55.4 Å². The van der Waals surface area contributed by atoms with E-state index in [1.54, 1.807) is 0 Å². The molecule has 10 nitrogen and oxygen atoms in total. The molecule has 1 unspecified atom stereocenters. The lowest BCUT2D eigenvalue weighted by Gasteiger charge is -2.37. The summed E-state index contributed by atoms with van der Waals surface area (Å²) in [5.41, 5.74) is 0. The molecule has 1 saturated carbocycles. The Labute approximate surface area is 229 Å². The molecule has 0 bridgehead atoms. The Hall–Kier alpha value is -3.08. The molecule has 0 N–H and O–H groups in total. The van der Waals surface area contributed by atoms with Crippen molar-refractivity contribution in [2.75, 3.05) is 30.8 Å². The molecule has 1 aliphatic carbocycles. The van der Waals surface area contributed by atoms with Crippen molar-refractivity contribution in [2.45, 2.75) is 60.9 Å². The number of sulfone groups is 1. The van der Waals surface area contributed by atoms with Crippen molar-refractivity contribution >= 4 is 38.4 Å². The molecule has 17 heteroatoms. The number of carbonyl (C=O) groups excluding carboxylic acids is 2. The standard InChI is InChI=1S/C23H23F5N4O6S2/c1-40(35,36)17-11-14(24)16(10-15(17)25)37-22(38-20(34)23(26,27)28)6-9-32(19(22)33)13-4-7-31(8-5-13)21-29-18(30-39-21)12-2-3-12/h10-13H,2-9H2,1H3. The van der Waals surface area contributed by atoms with Crippen LogP contribution in [0.15, 0.2) is 17.0 Å². The Morgan fingerprint density at radius 2 is 1.77 bits per heavy atom.